The van der Waals surface area contributed by atoms with Gasteiger partial charge in [0.05, 0.1) is 0 Å². The summed E-state index contributed by atoms with van der Waals surface area (Å²) in [6.45, 7) is 1.89. The molecule has 0 fully saturated rings. The summed E-state index contributed by atoms with van der Waals surface area (Å²) in [6, 6.07) is 3.53. The molecule has 1 N–H and O–H groups in total. The maximum Gasteiger partial charge on any atom is 0.271 e. The molecule has 0 bridgehead atoms. The molecular weight excluding hydrogens is 268 g/mol. The Kier molecular flexibility index (Phi) is 3.82. The van der Waals surface area contributed by atoms with Gasteiger partial charge in [-0.25, -0.2) is 9.97 Å². The van der Waals surface area contributed by atoms with Crippen molar-refractivity contribution in [2.75, 3.05) is 5.75 Å². The molecule has 100 valence electrons. The Bertz CT molecular complexity index is 674. The van der Waals surface area contributed by atoms with Crippen LogP contribution in [0.5, 0.6) is 0 Å². The third kappa shape index (κ3) is 3.76. The van der Waals surface area contributed by atoms with E-state index in [2.05, 4.69) is 15.1 Å². The van der Waals surface area contributed by atoms with Crippen LogP contribution in [0.2, 0.25) is 0 Å². The fourth-order valence-electron chi connectivity index (χ4n) is 1.57. The standard InChI is InChI=1S/C11H12N4O3S/c1-9-7-10(11-12-3-2-4-13-11)8-14-15(9)5-6-19(16,17)18/h2-4,7-8H,5-6H2,1H3/p+1. The molecule has 0 aromatic carbocycles. The van der Waals surface area contributed by atoms with Gasteiger partial charge in [0, 0.05) is 30.9 Å². The van der Waals surface area contributed by atoms with Crippen molar-refractivity contribution in [1.29, 1.82) is 0 Å². The van der Waals surface area contributed by atoms with Crippen molar-refractivity contribution >= 4 is 10.1 Å². The van der Waals surface area contributed by atoms with Crippen LogP contribution in [0.25, 0.3) is 11.4 Å². The molecule has 2 aromatic rings. The molecule has 2 rings (SSSR count). The summed E-state index contributed by atoms with van der Waals surface area (Å²) < 4.78 is 31.6. The molecule has 19 heavy (non-hydrogen) atoms. The minimum absolute atomic E-state index is 0.0978. The van der Waals surface area contributed by atoms with E-state index in [1.165, 1.54) is 4.68 Å². The van der Waals surface area contributed by atoms with Gasteiger partial charge in [-0.15, -0.1) is 0 Å². The van der Waals surface area contributed by atoms with Gasteiger partial charge in [0.15, 0.2) is 12.4 Å². The summed E-state index contributed by atoms with van der Waals surface area (Å²) in [5, 5.41) is 4.12. The summed E-state index contributed by atoms with van der Waals surface area (Å²) in [5.41, 5.74) is 1.51. The fraction of sp³-hybridized carbons (Fsp3) is 0.273. The Morgan fingerprint density at radius 1 is 1.32 bits per heavy atom. The average Bonchev–Trinajstić information content (AvgIpc) is 2.37. The number of aromatic nitrogens is 4. The molecule has 2 aromatic heterocycles. The molecule has 0 unspecified atom stereocenters. The van der Waals surface area contributed by atoms with Gasteiger partial charge in [-0.2, -0.15) is 8.42 Å². The van der Waals surface area contributed by atoms with Crippen LogP contribution in [-0.4, -0.2) is 33.8 Å². The van der Waals surface area contributed by atoms with Crippen molar-refractivity contribution in [3.05, 3.63) is 36.4 Å². The molecule has 7 nitrogen and oxygen atoms in total. The largest absolute Gasteiger partial charge is 0.285 e. The highest BCUT2D eigenvalue weighted by Gasteiger charge is 2.15. The third-order valence-corrected chi connectivity index (χ3v) is 3.19. The van der Waals surface area contributed by atoms with Crippen LogP contribution in [0.3, 0.4) is 0 Å². The SMILES string of the molecule is Cc1cc(-c2ncccn2)cn[n+]1CCS(=O)(=O)O. The fourth-order valence-corrected chi connectivity index (χ4v) is 1.97. The molecule has 0 atom stereocenters. The van der Waals surface area contributed by atoms with Crippen LogP contribution in [-0.2, 0) is 16.7 Å². The molecule has 0 saturated carbocycles. The predicted molar refractivity (Wildman–Crippen MR) is 66.6 cm³/mol. The van der Waals surface area contributed by atoms with E-state index in [0.717, 1.165) is 11.3 Å². The summed E-state index contributed by atoms with van der Waals surface area (Å²) in [6.07, 6.45) is 4.83. The smallest absolute Gasteiger partial charge is 0.271 e. The highest BCUT2D eigenvalue weighted by atomic mass is 32.2. The van der Waals surface area contributed by atoms with Gasteiger partial charge in [-0.05, 0) is 11.2 Å². The Morgan fingerprint density at radius 2 is 2.00 bits per heavy atom. The first kappa shape index (κ1) is 13.5. The lowest BCUT2D eigenvalue weighted by Crippen LogP contribution is -2.43. The van der Waals surface area contributed by atoms with E-state index in [0.29, 0.717) is 5.82 Å². The molecule has 0 amide bonds. The van der Waals surface area contributed by atoms with E-state index in [-0.39, 0.29) is 12.3 Å². The number of hydrogen-bond acceptors (Lipinski definition) is 5. The number of rotatable bonds is 4. The summed E-state index contributed by atoms with van der Waals surface area (Å²) in [7, 11) is -3.99. The number of aryl methyl sites for hydroxylation is 2. The van der Waals surface area contributed by atoms with Gasteiger partial charge in [0.1, 0.15) is 11.9 Å². The second kappa shape index (κ2) is 5.37. The number of nitrogens with zero attached hydrogens (tertiary/aromatic N) is 4. The van der Waals surface area contributed by atoms with Crippen LogP contribution < -0.4 is 4.68 Å². The minimum atomic E-state index is -3.99. The van der Waals surface area contributed by atoms with Crippen LogP contribution in [0.1, 0.15) is 5.69 Å². The van der Waals surface area contributed by atoms with Crippen molar-refractivity contribution in [1.82, 2.24) is 15.1 Å². The summed E-state index contributed by atoms with van der Waals surface area (Å²) in [5.74, 6) is 0.187. The summed E-state index contributed by atoms with van der Waals surface area (Å²) in [4.78, 5) is 8.22. The minimum Gasteiger partial charge on any atom is -0.285 e. The van der Waals surface area contributed by atoms with Crippen molar-refractivity contribution in [2.45, 2.75) is 13.5 Å². The van der Waals surface area contributed by atoms with Crippen LogP contribution in [0.15, 0.2) is 30.7 Å². The second-order valence-electron chi connectivity index (χ2n) is 3.97. The molecule has 0 radical (unpaired) electrons. The van der Waals surface area contributed by atoms with Crippen molar-refractivity contribution < 1.29 is 17.7 Å². The van der Waals surface area contributed by atoms with Crippen LogP contribution in [0.4, 0.5) is 0 Å². The Hall–Kier alpha value is -1.93. The van der Waals surface area contributed by atoms with E-state index >= 15 is 0 Å². The molecule has 0 saturated heterocycles. The van der Waals surface area contributed by atoms with Crippen molar-refractivity contribution in [3.63, 3.8) is 0 Å². The molecule has 0 aliphatic carbocycles. The lowest BCUT2D eigenvalue weighted by Gasteiger charge is -2.00. The Balaban J connectivity index is 2.23. The first-order valence-electron chi connectivity index (χ1n) is 5.55. The highest BCUT2D eigenvalue weighted by Crippen LogP contribution is 2.11. The predicted octanol–water partition coefficient (Wildman–Crippen LogP) is 0.0223. The van der Waals surface area contributed by atoms with Crippen LogP contribution >= 0.6 is 0 Å². The van der Waals surface area contributed by atoms with E-state index in [1.807, 2.05) is 6.07 Å². The van der Waals surface area contributed by atoms with E-state index in [1.54, 1.807) is 31.6 Å². The lowest BCUT2D eigenvalue weighted by molar-refractivity contribution is -0.755. The Labute approximate surface area is 110 Å². The van der Waals surface area contributed by atoms with Gasteiger partial charge in [-0.1, -0.05) is 4.68 Å². The van der Waals surface area contributed by atoms with Crippen molar-refractivity contribution in [2.24, 2.45) is 0 Å². The molecule has 8 heteroatoms. The quantitative estimate of drug-likeness (QED) is 0.627. The maximum atomic E-state index is 10.7. The normalized spacial score (nSPS) is 11.5. The Morgan fingerprint density at radius 3 is 2.58 bits per heavy atom. The second-order valence-corrected chi connectivity index (χ2v) is 5.54. The zero-order valence-corrected chi connectivity index (χ0v) is 11.1. The van der Waals surface area contributed by atoms with Gasteiger partial charge >= 0.3 is 0 Å². The third-order valence-electron chi connectivity index (χ3n) is 2.49. The maximum absolute atomic E-state index is 10.7. The highest BCUT2D eigenvalue weighted by molar-refractivity contribution is 7.85. The first-order valence-corrected chi connectivity index (χ1v) is 7.16. The zero-order valence-electron chi connectivity index (χ0n) is 10.3. The van der Waals surface area contributed by atoms with Gasteiger partial charge in [0.25, 0.3) is 10.1 Å². The van der Waals surface area contributed by atoms with E-state index < -0.39 is 10.1 Å². The molecule has 2 heterocycles. The average molecular weight is 281 g/mol. The first-order chi connectivity index (χ1) is 8.96. The molecule has 0 spiro atoms. The molecular formula is C11H13N4O3S+. The van der Waals surface area contributed by atoms with Crippen LogP contribution in [0, 0.1) is 6.92 Å². The van der Waals surface area contributed by atoms with Gasteiger partial charge < -0.3 is 0 Å². The summed E-state index contributed by atoms with van der Waals surface area (Å²) >= 11 is 0. The van der Waals surface area contributed by atoms with Gasteiger partial charge in [-0.3, -0.25) is 4.55 Å². The molecule has 0 aliphatic heterocycles. The van der Waals surface area contributed by atoms with E-state index in [9.17, 15) is 8.42 Å². The monoisotopic (exact) mass is 281 g/mol. The number of hydrogen-bond donors (Lipinski definition) is 1. The lowest BCUT2D eigenvalue weighted by atomic mass is 10.2. The van der Waals surface area contributed by atoms with Crippen molar-refractivity contribution in [3.8, 4) is 11.4 Å². The zero-order chi connectivity index (χ0) is 13.9. The topological polar surface area (TPSA) is 96.9 Å². The molecule has 0 aliphatic rings. The van der Waals surface area contributed by atoms with Gasteiger partial charge in [0.2, 0.25) is 5.69 Å². The van der Waals surface area contributed by atoms with E-state index in [4.69, 9.17) is 4.55 Å².